The van der Waals surface area contributed by atoms with Gasteiger partial charge < -0.3 is 4.90 Å². The van der Waals surface area contributed by atoms with E-state index >= 15 is 0 Å². The number of carbonyl (C=O) groups excluding carboxylic acids is 2. The molecule has 7 heteroatoms. The highest BCUT2D eigenvalue weighted by Gasteiger charge is 2.47. The third-order valence-electron chi connectivity index (χ3n) is 2.02. The number of hydrogen-bond donors (Lipinski definition) is 0. The molecular formula is C7H7BrF3NO2. The predicted octanol–water partition coefficient (Wildman–Crippen LogP) is 1.46. The average Bonchev–Trinajstić information content (AvgIpc) is 2.48. The Morgan fingerprint density at radius 2 is 1.93 bits per heavy atom. The fraction of sp³-hybridized carbons (Fsp3) is 0.714. The molecule has 0 bridgehead atoms. The van der Waals surface area contributed by atoms with E-state index in [-0.39, 0.29) is 13.0 Å². The van der Waals surface area contributed by atoms with Crippen molar-refractivity contribution in [3.05, 3.63) is 0 Å². The summed E-state index contributed by atoms with van der Waals surface area (Å²) >= 11 is 2.58. The number of hydrogen-bond acceptors (Lipinski definition) is 2. The molecule has 0 spiro atoms. The second kappa shape index (κ2) is 3.88. The van der Waals surface area contributed by atoms with Gasteiger partial charge in [0.2, 0.25) is 4.69 Å². The monoisotopic (exact) mass is 273 g/mol. The molecule has 80 valence electrons. The van der Waals surface area contributed by atoms with Gasteiger partial charge in [-0.15, -0.1) is 0 Å². The van der Waals surface area contributed by atoms with E-state index in [9.17, 15) is 22.8 Å². The molecule has 0 aromatic heterocycles. The molecule has 1 rings (SSSR count). The van der Waals surface area contributed by atoms with Crippen LogP contribution in [0.3, 0.4) is 0 Å². The summed E-state index contributed by atoms with van der Waals surface area (Å²) in [5.74, 6) is -1.94. The van der Waals surface area contributed by atoms with Gasteiger partial charge in [-0.05, 0) is 28.8 Å². The Balaban J connectivity index is 2.77. The van der Waals surface area contributed by atoms with Crippen molar-refractivity contribution in [1.29, 1.82) is 0 Å². The second-order valence-corrected chi connectivity index (χ2v) is 3.74. The lowest BCUT2D eigenvalue weighted by atomic mass is 10.2. The van der Waals surface area contributed by atoms with E-state index in [1.165, 1.54) is 0 Å². The van der Waals surface area contributed by atoms with Gasteiger partial charge in [-0.2, -0.15) is 13.2 Å². The zero-order chi connectivity index (χ0) is 10.9. The number of alkyl halides is 3. The first kappa shape index (κ1) is 11.5. The van der Waals surface area contributed by atoms with E-state index in [4.69, 9.17) is 0 Å². The summed E-state index contributed by atoms with van der Waals surface area (Å²) in [5, 5.41) is 0. The number of halogens is 4. The van der Waals surface area contributed by atoms with Crippen molar-refractivity contribution >= 4 is 26.5 Å². The Hall–Kier alpha value is -0.590. The molecule has 0 aromatic rings. The molecule has 1 saturated heterocycles. The Kier molecular flexibility index (Phi) is 3.18. The van der Waals surface area contributed by atoms with Crippen LogP contribution in [0.2, 0.25) is 0 Å². The summed E-state index contributed by atoms with van der Waals surface area (Å²) in [5.41, 5.74) is 0. The van der Waals surface area contributed by atoms with E-state index in [2.05, 4.69) is 15.9 Å². The average molecular weight is 274 g/mol. The molecule has 1 fully saturated rings. The Morgan fingerprint density at radius 3 is 2.36 bits per heavy atom. The Labute approximate surface area is 86.4 Å². The summed E-state index contributed by atoms with van der Waals surface area (Å²) < 4.78 is 35.5. The summed E-state index contributed by atoms with van der Waals surface area (Å²) in [6, 6.07) is -0.968. The molecule has 0 saturated carbocycles. The third-order valence-corrected chi connectivity index (χ3v) is 2.55. The lowest BCUT2D eigenvalue weighted by Gasteiger charge is -2.22. The molecule has 1 aliphatic heterocycles. The number of amides is 1. The molecule has 14 heavy (non-hydrogen) atoms. The molecule has 1 amide bonds. The van der Waals surface area contributed by atoms with Crippen molar-refractivity contribution in [2.24, 2.45) is 0 Å². The summed E-state index contributed by atoms with van der Waals surface area (Å²) in [6.07, 6.45) is -4.19. The lowest BCUT2D eigenvalue weighted by Crippen LogP contribution is -2.45. The zero-order valence-corrected chi connectivity index (χ0v) is 8.56. The van der Waals surface area contributed by atoms with Gasteiger partial charge >= 0.3 is 12.1 Å². The zero-order valence-electron chi connectivity index (χ0n) is 6.97. The van der Waals surface area contributed by atoms with Gasteiger partial charge in [-0.25, -0.2) is 0 Å². The standard InChI is InChI=1S/C7H7BrF3NO2/c8-5(13)4-2-1-3-12(4)6(14)7(9,10)11/h4H,1-3H2/t4-/m0/s1. The summed E-state index contributed by atoms with van der Waals surface area (Å²) in [6.45, 7) is -0.0135. The van der Waals surface area contributed by atoms with Gasteiger partial charge in [0.1, 0.15) is 6.04 Å². The van der Waals surface area contributed by atoms with Gasteiger partial charge in [0.15, 0.2) is 0 Å². The first-order chi connectivity index (χ1) is 6.34. The molecule has 1 atom stereocenters. The Bertz CT molecular complexity index is 266. The third kappa shape index (κ3) is 2.26. The first-order valence-electron chi connectivity index (χ1n) is 3.91. The van der Waals surface area contributed by atoms with Crippen LogP contribution in [-0.2, 0) is 9.59 Å². The van der Waals surface area contributed by atoms with Crippen molar-refractivity contribution in [3.8, 4) is 0 Å². The highest BCUT2D eigenvalue weighted by atomic mass is 79.9. The van der Waals surface area contributed by atoms with Crippen molar-refractivity contribution in [1.82, 2.24) is 4.90 Å². The topological polar surface area (TPSA) is 37.4 Å². The number of carbonyl (C=O) groups is 2. The van der Waals surface area contributed by atoms with Gasteiger partial charge in [-0.1, -0.05) is 0 Å². The summed E-state index contributed by atoms with van der Waals surface area (Å²) in [4.78, 5) is 22.2. The fourth-order valence-corrected chi connectivity index (χ4v) is 1.88. The number of nitrogens with zero attached hydrogens (tertiary/aromatic N) is 1. The molecule has 0 unspecified atom stereocenters. The highest BCUT2D eigenvalue weighted by molar-refractivity contribution is 9.18. The van der Waals surface area contributed by atoms with Crippen molar-refractivity contribution in [2.45, 2.75) is 25.1 Å². The van der Waals surface area contributed by atoms with E-state index in [1.807, 2.05) is 0 Å². The SMILES string of the molecule is O=C(Br)[C@@H]1CCCN1C(=O)C(F)(F)F. The van der Waals surface area contributed by atoms with Crippen LogP contribution in [0.15, 0.2) is 0 Å². The van der Waals surface area contributed by atoms with Crippen LogP contribution in [0.5, 0.6) is 0 Å². The van der Waals surface area contributed by atoms with Gasteiger partial charge in [0, 0.05) is 6.54 Å². The quantitative estimate of drug-likeness (QED) is 0.679. The molecule has 0 aliphatic carbocycles. The number of rotatable bonds is 1. The van der Waals surface area contributed by atoms with Crippen molar-refractivity contribution in [2.75, 3.05) is 6.54 Å². The minimum absolute atomic E-state index is 0.0135. The largest absolute Gasteiger partial charge is 0.471 e. The van der Waals surface area contributed by atoms with Gasteiger partial charge in [0.05, 0.1) is 0 Å². The Morgan fingerprint density at radius 1 is 1.36 bits per heavy atom. The van der Waals surface area contributed by atoms with Crippen LogP contribution >= 0.6 is 15.9 Å². The van der Waals surface area contributed by atoms with E-state index in [0.29, 0.717) is 11.3 Å². The second-order valence-electron chi connectivity index (χ2n) is 2.96. The van der Waals surface area contributed by atoms with E-state index in [0.717, 1.165) is 0 Å². The minimum atomic E-state index is -4.90. The predicted molar refractivity (Wildman–Crippen MR) is 44.7 cm³/mol. The van der Waals surface area contributed by atoms with Crippen LogP contribution in [0.4, 0.5) is 13.2 Å². The lowest BCUT2D eigenvalue weighted by molar-refractivity contribution is -0.186. The fourth-order valence-electron chi connectivity index (χ4n) is 1.41. The minimum Gasteiger partial charge on any atom is -0.324 e. The molecule has 0 N–H and O–H groups in total. The molecular weight excluding hydrogens is 267 g/mol. The van der Waals surface area contributed by atoms with E-state index in [1.54, 1.807) is 0 Å². The van der Waals surface area contributed by atoms with Gasteiger partial charge in [-0.3, -0.25) is 9.59 Å². The molecule has 1 heterocycles. The highest BCUT2D eigenvalue weighted by Crippen LogP contribution is 2.26. The molecule has 0 radical (unpaired) electrons. The first-order valence-corrected chi connectivity index (χ1v) is 4.70. The molecule has 3 nitrogen and oxygen atoms in total. The maximum Gasteiger partial charge on any atom is 0.471 e. The maximum atomic E-state index is 12.0. The van der Waals surface area contributed by atoms with Crippen LogP contribution in [-0.4, -0.2) is 34.3 Å². The van der Waals surface area contributed by atoms with Crippen LogP contribution < -0.4 is 0 Å². The molecule has 0 aromatic carbocycles. The van der Waals surface area contributed by atoms with Crippen LogP contribution in [0.25, 0.3) is 0 Å². The maximum absolute atomic E-state index is 12.0. The smallest absolute Gasteiger partial charge is 0.324 e. The van der Waals surface area contributed by atoms with E-state index < -0.39 is 22.8 Å². The van der Waals surface area contributed by atoms with Crippen LogP contribution in [0, 0.1) is 0 Å². The summed E-state index contributed by atoms with van der Waals surface area (Å²) in [7, 11) is 0. The molecule has 1 aliphatic rings. The van der Waals surface area contributed by atoms with Gasteiger partial charge in [0.25, 0.3) is 0 Å². The normalized spacial score (nSPS) is 22.6. The van der Waals surface area contributed by atoms with Crippen molar-refractivity contribution < 1.29 is 22.8 Å². The number of likely N-dealkylation sites (tertiary alicyclic amines) is 1. The van der Waals surface area contributed by atoms with Crippen LogP contribution in [0.1, 0.15) is 12.8 Å². The van der Waals surface area contributed by atoms with Crippen molar-refractivity contribution in [3.63, 3.8) is 0 Å².